The van der Waals surface area contributed by atoms with E-state index < -0.39 is 0 Å². The molecule has 0 amide bonds. The van der Waals surface area contributed by atoms with E-state index in [1.54, 1.807) is 0 Å². The van der Waals surface area contributed by atoms with Gasteiger partial charge >= 0.3 is 0 Å². The van der Waals surface area contributed by atoms with Crippen LogP contribution in [0.4, 0.5) is 11.6 Å². The maximum Gasteiger partial charge on any atom is 0.210 e. The number of benzene rings is 2. The van der Waals surface area contributed by atoms with E-state index in [1.165, 1.54) is 6.20 Å². The fourth-order valence-corrected chi connectivity index (χ4v) is 3.34. The minimum atomic E-state index is 0.0157. The molecule has 0 unspecified atom stereocenters. The van der Waals surface area contributed by atoms with Gasteiger partial charge in [0.05, 0.1) is 24.1 Å². The van der Waals surface area contributed by atoms with Gasteiger partial charge in [-0.1, -0.05) is 41.4 Å². The van der Waals surface area contributed by atoms with E-state index in [1.807, 2.05) is 47.4 Å². The van der Waals surface area contributed by atoms with Crippen molar-refractivity contribution in [1.82, 2.24) is 9.97 Å². The summed E-state index contributed by atoms with van der Waals surface area (Å²) in [4.78, 5) is 13.8. The molecule has 2 aromatic carbocycles. The molecule has 0 saturated heterocycles. The van der Waals surface area contributed by atoms with Gasteiger partial charge in [-0.2, -0.15) is 0 Å². The predicted molar refractivity (Wildman–Crippen MR) is 101 cm³/mol. The van der Waals surface area contributed by atoms with Crippen LogP contribution < -0.4 is 4.90 Å². The Labute approximate surface area is 154 Å². The van der Waals surface area contributed by atoms with Crippen LogP contribution in [-0.4, -0.2) is 33.9 Å². The van der Waals surface area contributed by atoms with Gasteiger partial charge in [0.1, 0.15) is 0 Å². The average Bonchev–Trinajstić information content (AvgIpc) is 2.94. The van der Waals surface area contributed by atoms with Crippen LogP contribution in [0.25, 0.3) is 0 Å². The molecule has 0 atom stereocenters. The Morgan fingerprint density at radius 3 is 2.68 bits per heavy atom. The summed E-state index contributed by atoms with van der Waals surface area (Å²) in [6.07, 6.45) is 1.38. The monoisotopic (exact) mass is 372 g/mol. The minimum Gasteiger partial charge on any atom is -0.493 e. The first-order chi connectivity index (χ1) is 12.1. The smallest absolute Gasteiger partial charge is 0.210 e. The van der Waals surface area contributed by atoms with E-state index in [0.717, 1.165) is 22.5 Å². The molecule has 126 valence electrons. The third-order valence-electron chi connectivity index (χ3n) is 4.03. The predicted octanol–water partition coefficient (Wildman–Crippen LogP) is 4.41. The molecule has 1 aliphatic rings. The molecule has 2 heterocycles. The summed E-state index contributed by atoms with van der Waals surface area (Å²) >= 11 is 12.6. The van der Waals surface area contributed by atoms with Crippen molar-refractivity contribution in [1.29, 1.82) is 0 Å². The first-order valence-corrected chi connectivity index (χ1v) is 8.50. The van der Waals surface area contributed by atoms with Gasteiger partial charge in [0, 0.05) is 27.7 Å². The van der Waals surface area contributed by atoms with Crippen LogP contribution in [0.5, 0.6) is 5.88 Å². The number of anilines is 2. The normalized spacial score (nSPS) is 14.0. The Balaban J connectivity index is 1.89. The molecule has 2 N–H and O–H groups in total. The van der Waals surface area contributed by atoms with E-state index in [0.29, 0.717) is 29.1 Å². The van der Waals surface area contributed by atoms with Gasteiger partial charge in [-0.25, -0.2) is 4.98 Å². The van der Waals surface area contributed by atoms with E-state index in [4.69, 9.17) is 28.2 Å². The number of imidazole rings is 1. The quantitative estimate of drug-likeness (QED) is 0.699. The summed E-state index contributed by atoms with van der Waals surface area (Å²) in [7, 11) is 0. The second kappa shape index (κ2) is 6.43. The van der Waals surface area contributed by atoms with Crippen molar-refractivity contribution in [3.05, 3.63) is 69.8 Å². The number of rotatable bonds is 2. The summed E-state index contributed by atoms with van der Waals surface area (Å²) in [5, 5.41) is 10.8. The van der Waals surface area contributed by atoms with Crippen LogP contribution >= 0.6 is 23.2 Å². The number of hydrogen-bond donors (Lipinski definition) is 2. The zero-order valence-corrected chi connectivity index (χ0v) is 14.6. The third kappa shape index (κ3) is 2.97. The topological polar surface area (TPSA) is 64.5 Å². The van der Waals surface area contributed by atoms with Crippen molar-refractivity contribution in [3.63, 3.8) is 0 Å². The highest BCUT2D eigenvalue weighted by Gasteiger charge is 2.23. The maximum absolute atomic E-state index is 9.60. The van der Waals surface area contributed by atoms with Gasteiger partial charge in [-0.15, -0.1) is 0 Å². The molecule has 1 aromatic heterocycles. The van der Waals surface area contributed by atoms with Gasteiger partial charge in [0.15, 0.2) is 0 Å². The Hall–Kier alpha value is -2.50. The van der Waals surface area contributed by atoms with E-state index in [-0.39, 0.29) is 5.88 Å². The van der Waals surface area contributed by atoms with Crippen molar-refractivity contribution >= 4 is 40.5 Å². The number of fused-ring (bicyclic) bond motifs is 1. The molecule has 0 spiro atoms. The number of halogens is 2. The van der Waals surface area contributed by atoms with E-state index >= 15 is 0 Å². The molecular weight excluding hydrogens is 359 g/mol. The molecule has 0 fully saturated rings. The van der Waals surface area contributed by atoms with Crippen molar-refractivity contribution in [3.8, 4) is 5.88 Å². The highest BCUT2D eigenvalue weighted by molar-refractivity contribution is 6.36. The van der Waals surface area contributed by atoms with Crippen LogP contribution in [0.15, 0.2) is 53.7 Å². The molecule has 0 bridgehead atoms. The largest absolute Gasteiger partial charge is 0.493 e. The van der Waals surface area contributed by atoms with E-state index in [9.17, 15) is 5.11 Å². The molecule has 0 aliphatic carbocycles. The van der Waals surface area contributed by atoms with E-state index in [2.05, 4.69) is 9.97 Å². The van der Waals surface area contributed by atoms with Gasteiger partial charge in [0.25, 0.3) is 0 Å². The average molecular weight is 373 g/mol. The molecule has 3 aromatic rings. The summed E-state index contributed by atoms with van der Waals surface area (Å²) in [6, 6.07) is 13.2. The summed E-state index contributed by atoms with van der Waals surface area (Å²) in [6.45, 7) is 1.16. The van der Waals surface area contributed by atoms with Gasteiger partial charge in [-0.3, -0.25) is 9.98 Å². The number of benzodiazepines with no additional fused rings is 1. The molecule has 0 radical (unpaired) electrons. The number of aliphatic imine (C=N–C) groups is 1. The first kappa shape index (κ1) is 16.0. The van der Waals surface area contributed by atoms with Crippen LogP contribution in [0.3, 0.4) is 0 Å². The van der Waals surface area contributed by atoms with Gasteiger partial charge in [0.2, 0.25) is 11.8 Å². The summed E-state index contributed by atoms with van der Waals surface area (Å²) in [5.41, 5.74) is 3.42. The van der Waals surface area contributed by atoms with Crippen molar-refractivity contribution in [2.24, 2.45) is 4.99 Å². The fourth-order valence-electron chi connectivity index (χ4n) is 2.94. The zero-order valence-electron chi connectivity index (χ0n) is 13.1. The van der Waals surface area contributed by atoms with Crippen LogP contribution in [-0.2, 0) is 0 Å². The lowest BCUT2D eigenvalue weighted by molar-refractivity contribution is 0.456. The second-order valence-electron chi connectivity index (χ2n) is 5.62. The molecule has 1 aliphatic heterocycles. The van der Waals surface area contributed by atoms with Crippen LogP contribution in [0, 0.1) is 0 Å². The molecule has 7 heteroatoms. The maximum atomic E-state index is 9.60. The number of aromatic amines is 1. The Kier molecular flexibility index (Phi) is 4.11. The number of hydrogen-bond acceptors (Lipinski definition) is 4. The minimum absolute atomic E-state index is 0.0157. The van der Waals surface area contributed by atoms with Crippen LogP contribution in [0.2, 0.25) is 10.0 Å². The summed E-state index contributed by atoms with van der Waals surface area (Å²) < 4.78 is 0. The Morgan fingerprint density at radius 1 is 1.08 bits per heavy atom. The molecule has 5 nitrogen and oxygen atoms in total. The highest BCUT2D eigenvalue weighted by atomic mass is 35.5. The van der Waals surface area contributed by atoms with Crippen molar-refractivity contribution in [2.75, 3.05) is 18.0 Å². The molecule has 4 rings (SSSR count). The Morgan fingerprint density at radius 2 is 1.92 bits per heavy atom. The lowest BCUT2D eigenvalue weighted by Gasteiger charge is -2.22. The van der Waals surface area contributed by atoms with Crippen molar-refractivity contribution in [2.45, 2.75) is 0 Å². The lowest BCUT2D eigenvalue weighted by atomic mass is 10.00. The standard InChI is InChI=1S/C18H14Cl2N4O/c19-11-5-6-15-13(9-11)17(12-3-1-2-4-14(12)20)21-7-8-24(15)18-22-10-16(25)23-18/h1-6,9-10,25H,7-8H2,(H,22,23). The number of nitrogens with one attached hydrogen (secondary N) is 1. The first-order valence-electron chi connectivity index (χ1n) is 7.74. The molecular formula is C18H14Cl2N4O. The number of H-pyrrole nitrogens is 1. The number of aromatic hydroxyl groups is 1. The Bertz CT molecular complexity index is 967. The van der Waals surface area contributed by atoms with Crippen molar-refractivity contribution < 1.29 is 5.11 Å². The molecule has 25 heavy (non-hydrogen) atoms. The lowest BCUT2D eigenvalue weighted by Crippen LogP contribution is -2.21. The third-order valence-corrected chi connectivity index (χ3v) is 4.60. The zero-order chi connectivity index (χ0) is 17.4. The van der Waals surface area contributed by atoms with Gasteiger partial charge in [-0.05, 0) is 24.3 Å². The molecule has 0 saturated carbocycles. The van der Waals surface area contributed by atoms with Gasteiger partial charge < -0.3 is 10.0 Å². The fraction of sp³-hybridized carbons (Fsp3) is 0.111. The second-order valence-corrected chi connectivity index (χ2v) is 6.46. The SMILES string of the molecule is Oc1cnc(N2CCN=C(c3ccccc3Cl)c3cc(Cl)ccc32)[nH]1. The highest BCUT2D eigenvalue weighted by Crippen LogP contribution is 2.34. The number of nitrogens with zero attached hydrogens (tertiary/aromatic N) is 3. The van der Waals surface area contributed by atoms with Crippen LogP contribution in [0.1, 0.15) is 11.1 Å². The number of aromatic nitrogens is 2. The summed E-state index contributed by atoms with van der Waals surface area (Å²) in [5.74, 6) is 0.568.